The number of methoxy groups -OCH3 is 1. The third kappa shape index (κ3) is 7.92. The van der Waals surface area contributed by atoms with Crippen molar-refractivity contribution < 1.29 is 32.6 Å². The summed E-state index contributed by atoms with van der Waals surface area (Å²) in [6.45, 7) is 4.41. The second-order valence-electron chi connectivity index (χ2n) is 5.30. The molecule has 25 heavy (non-hydrogen) atoms. The van der Waals surface area contributed by atoms with Gasteiger partial charge >= 0.3 is 11.9 Å². The van der Waals surface area contributed by atoms with Crippen LogP contribution in [0.15, 0.2) is 18.2 Å². The third-order valence-corrected chi connectivity index (χ3v) is 3.40. The summed E-state index contributed by atoms with van der Waals surface area (Å²) in [5.41, 5.74) is 0.254. The molecule has 0 aliphatic heterocycles. The second kappa shape index (κ2) is 12.2. The van der Waals surface area contributed by atoms with Crippen LogP contribution in [0.4, 0.5) is 0 Å². The predicted molar refractivity (Wildman–Crippen MR) is 94.2 cm³/mol. The number of rotatable bonds is 12. The van der Waals surface area contributed by atoms with Crippen LogP contribution in [0.3, 0.4) is 0 Å². The van der Waals surface area contributed by atoms with Crippen LogP contribution < -0.4 is 9.47 Å². The van der Waals surface area contributed by atoms with Gasteiger partial charge in [0.1, 0.15) is 0 Å². The highest BCUT2D eigenvalue weighted by Gasteiger charge is 2.12. The highest BCUT2D eigenvalue weighted by atomic mass is 16.5. The second-order valence-corrected chi connectivity index (χ2v) is 5.30. The maximum Gasteiger partial charge on any atom is 0.338 e. The van der Waals surface area contributed by atoms with Gasteiger partial charge in [0.25, 0.3) is 0 Å². The van der Waals surface area contributed by atoms with Crippen LogP contribution >= 0.6 is 0 Å². The molecule has 0 heterocycles. The summed E-state index contributed by atoms with van der Waals surface area (Å²) in [6.07, 6.45) is 3.53. The highest BCUT2D eigenvalue weighted by Crippen LogP contribution is 2.28. The minimum Gasteiger partial charge on any atom is -0.493 e. The van der Waals surface area contributed by atoms with Gasteiger partial charge in [-0.25, -0.2) is 4.79 Å². The maximum absolute atomic E-state index is 11.9. The number of benzene rings is 1. The first-order valence-electron chi connectivity index (χ1n) is 10.1. The van der Waals surface area contributed by atoms with E-state index in [1.54, 1.807) is 13.8 Å². The molecule has 0 amide bonds. The van der Waals surface area contributed by atoms with Crippen molar-refractivity contribution in [1.82, 2.24) is 0 Å². The van der Waals surface area contributed by atoms with Gasteiger partial charge in [0.05, 0.1) is 36.5 Å². The van der Waals surface area contributed by atoms with Gasteiger partial charge in [-0.05, 0) is 44.9 Å². The van der Waals surface area contributed by atoms with Gasteiger partial charge in [-0.3, -0.25) is 4.79 Å². The predicted octanol–water partition coefficient (Wildman–Crippen LogP) is 3.76. The molecule has 0 unspecified atom stereocenters. The lowest BCUT2D eigenvalue weighted by molar-refractivity contribution is -0.143. The van der Waals surface area contributed by atoms with Crippen LogP contribution in [0.1, 0.15) is 60.4 Å². The molecule has 0 bridgehead atoms. The zero-order valence-electron chi connectivity index (χ0n) is 17.8. The van der Waals surface area contributed by atoms with E-state index < -0.39 is 13.0 Å². The Morgan fingerprint density at radius 1 is 1.00 bits per heavy atom. The van der Waals surface area contributed by atoms with Crippen LogP contribution in [0.2, 0.25) is 0 Å². The van der Waals surface area contributed by atoms with Gasteiger partial charge in [0.15, 0.2) is 11.5 Å². The van der Waals surface area contributed by atoms with Crippen LogP contribution in [0, 0.1) is 0 Å². The molecular formula is C19H28O6. The zero-order chi connectivity index (χ0) is 21.0. The van der Waals surface area contributed by atoms with Crippen LogP contribution in [-0.4, -0.2) is 38.8 Å². The number of ether oxygens (including phenoxy) is 4. The summed E-state index contributed by atoms with van der Waals surface area (Å²) >= 11 is 0. The van der Waals surface area contributed by atoms with Crippen molar-refractivity contribution in [2.24, 2.45) is 0 Å². The van der Waals surface area contributed by atoms with Crippen molar-refractivity contribution in [3.8, 4) is 11.5 Å². The summed E-state index contributed by atoms with van der Waals surface area (Å²) in [6, 6.07) is 4.23. The number of hydrogen-bond acceptors (Lipinski definition) is 6. The molecule has 0 radical (unpaired) electrons. The Morgan fingerprint density at radius 3 is 2.48 bits per heavy atom. The molecule has 0 aliphatic rings. The lowest BCUT2D eigenvalue weighted by Gasteiger charge is -2.12. The Kier molecular flexibility index (Phi) is 7.91. The SMILES string of the molecule is [2H]C([2H])([2H])Oc1ccc(C(=O)OCC)cc1OCCCCCCC(=O)OCC. The molecule has 0 fully saturated rings. The van der Waals surface area contributed by atoms with Crippen molar-refractivity contribution in [1.29, 1.82) is 0 Å². The molecule has 0 saturated carbocycles. The van der Waals surface area contributed by atoms with Gasteiger partial charge in [-0.1, -0.05) is 12.8 Å². The third-order valence-electron chi connectivity index (χ3n) is 3.40. The van der Waals surface area contributed by atoms with E-state index in [1.165, 1.54) is 18.2 Å². The van der Waals surface area contributed by atoms with E-state index in [0.29, 0.717) is 26.1 Å². The van der Waals surface area contributed by atoms with E-state index in [9.17, 15) is 9.59 Å². The summed E-state index contributed by atoms with van der Waals surface area (Å²) in [5, 5.41) is 0. The fourth-order valence-electron chi connectivity index (χ4n) is 2.19. The molecule has 6 nitrogen and oxygen atoms in total. The molecule has 1 rings (SSSR count). The molecule has 0 N–H and O–H groups in total. The van der Waals surface area contributed by atoms with E-state index in [0.717, 1.165) is 19.3 Å². The molecular weight excluding hydrogens is 324 g/mol. The summed E-state index contributed by atoms with van der Waals surface area (Å²) in [5.74, 6) is -0.503. The zero-order valence-corrected chi connectivity index (χ0v) is 14.8. The van der Waals surface area contributed by atoms with Crippen LogP contribution in [0.25, 0.3) is 0 Å². The average molecular weight is 355 g/mol. The molecule has 0 spiro atoms. The summed E-state index contributed by atoms with van der Waals surface area (Å²) in [7, 11) is -2.63. The number of esters is 2. The molecule has 6 heteroatoms. The Bertz CT molecular complexity index is 631. The minimum absolute atomic E-state index is 0.0374. The number of hydrogen-bond donors (Lipinski definition) is 0. The Labute approximate surface area is 153 Å². The largest absolute Gasteiger partial charge is 0.493 e. The number of unbranched alkanes of at least 4 members (excludes halogenated alkanes) is 3. The normalized spacial score (nSPS) is 12.5. The lowest BCUT2D eigenvalue weighted by atomic mass is 10.1. The fourth-order valence-corrected chi connectivity index (χ4v) is 2.19. The fraction of sp³-hybridized carbons (Fsp3) is 0.579. The first kappa shape index (κ1) is 16.2. The van der Waals surface area contributed by atoms with Gasteiger partial charge in [0.2, 0.25) is 0 Å². The van der Waals surface area contributed by atoms with Crippen molar-refractivity contribution in [3.05, 3.63) is 23.8 Å². The minimum atomic E-state index is -2.63. The quantitative estimate of drug-likeness (QED) is 0.420. The molecule has 0 saturated heterocycles. The first-order chi connectivity index (χ1) is 13.3. The first-order valence-corrected chi connectivity index (χ1v) is 8.55. The van der Waals surface area contributed by atoms with E-state index in [-0.39, 0.29) is 29.6 Å². The summed E-state index contributed by atoms with van der Waals surface area (Å²) in [4.78, 5) is 23.1. The van der Waals surface area contributed by atoms with E-state index in [4.69, 9.17) is 23.1 Å². The standard InChI is InChI=1S/C19H28O6/c1-4-23-18(20)10-8-6-7-9-13-25-17-14-15(19(21)24-5-2)11-12-16(17)22-3/h11-12,14H,4-10,13H2,1-3H3/i3D3. The van der Waals surface area contributed by atoms with Gasteiger partial charge in [-0.2, -0.15) is 0 Å². The topological polar surface area (TPSA) is 71.1 Å². The van der Waals surface area contributed by atoms with E-state index in [2.05, 4.69) is 0 Å². The van der Waals surface area contributed by atoms with E-state index >= 15 is 0 Å². The number of carbonyl (C=O) groups is 2. The van der Waals surface area contributed by atoms with Crippen molar-refractivity contribution in [3.63, 3.8) is 0 Å². The Hall–Kier alpha value is -2.24. The molecule has 140 valence electrons. The van der Waals surface area contributed by atoms with Crippen molar-refractivity contribution >= 4 is 11.9 Å². The molecule has 1 aromatic carbocycles. The molecule has 0 aliphatic carbocycles. The molecule has 0 atom stereocenters. The lowest BCUT2D eigenvalue weighted by Crippen LogP contribution is -2.06. The van der Waals surface area contributed by atoms with Gasteiger partial charge in [0, 0.05) is 6.42 Å². The monoisotopic (exact) mass is 355 g/mol. The molecule has 0 aromatic heterocycles. The smallest absolute Gasteiger partial charge is 0.338 e. The summed E-state index contributed by atoms with van der Waals surface area (Å²) < 4.78 is 42.2. The van der Waals surface area contributed by atoms with E-state index in [1.807, 2.05) is 0 Å². The van der Waals surface area contributed by atoms with Crippen molar-refractivity contribution in [2.75, 3.05) is 26.9 Å². The van der Waals surface area contributed by atoms with Gasteiger partial charge < -0.3 is 18.9 Å². The highest BCUT2D eigenvalue weighted by molar-refractivity contribution is 5.90. The molecule has 1 aromatic rings. The van der Waals surface area contributed by atoms with Crippen LogP contribution in [0.5, 0.6) is 11.5 Å². The maximum atomic E-state index is 11.9. The number of carbonyl (C=O) groups excluding carboxylic acids is 2. The Morgan fingerprint density at radius 2 is 1.76 bits per heavy atom. The average Bonchev–Trinajstić information content (AvgIpc) is 2.61. The van der Waals surface area contributed by atoms with Crippen LogP contribution in [-0.2, 0) is 14.3 Å². The van der Waals surface area contributed by atoms with Gasteiger partial charge in [-0.15, -0.1) is 0 Å². The Balaban J connectivity index is 2.57. The van der Waals surface area contributed by atoms with Crippen molar-refractivity contribution in [2.45, 2.75) is 46.0 Å².